The molecular formula is C28H26ClN3O2S. The molecule has 0 aliphatic carbocycles. The topological polar surface area (TPSA) is 55.2 Å². The number of aromatic nitrogens is 2. The number of amides is 1. The summed E-state index contributed by atoms with van der Waals surface area (Å²) in [6.45, 7) is 5.60. The zero-order chi connectivity index (χ0) is 24.5. The molecule has 7 heteroatoms. The highest BCUT2D eigenvalue weighted by atomic mass is 35.5. The van der Waals surface area contributed by atoms with Crippen molar-refractivity contribution in [1.82, 2.24) is 14.5 Å². The van der Waals surface area contributed by atoms with E-state index in [-0.39, 0.29) is 11.5 Å². The van der Waals surface area contributed by atoms with Gasteiger partial charge in [0, 0.05) is 29.4 Å². The zero-order valence-corrected chi connectivity index (χ0v) is 21.3. The van der Waals surface area contributed by atoms with Gasteiger partial charge in [0.2, 0.25) is 0 Å². The van der Waals surface area contributed by atoms with Crippen molar-refractivity contribution in [3.8, 4) is 5.69 Å². The minimum atomic E-state index is -0.140. The predicted octanol–water partition coefficient (Wildman–Crippen LogP) is 6.18. The van der Waals surface area contributed by atoms with Gasteiger partial charge in [0.05, 0.1) is 16.6 Å². The summed E-state index contributed by atoms with van der Waals surface area (Å²) in [6, 6.07) is 19.0. The summed E-state index contributed by atoms with van der Waals surface area (Å²) in [5.74, 6) is 0.631. The minimum absolute atomic E-state index is 0.0000508. The third-order valence-corrected chi connectivity index (χ3v) is 7.49. The number of nitrogens with zero attached hydrogens (tertiary/aromatic N) is 3. The molecule has 0 unspecified atom stereocenters. The molecule has 178 valence electrons. The molecule has 5 rings (SSSR count). The summed E-state index contributed by atoms with van der Waals surface area (Å²) in [4.78, 5) is 33.5. The lowest BCUT2D eigenvalue weighted by atomic mass is 10.1. The molecular weight excluding hydrogens is 478 g/mol. The Kier molecular flexibility index (Phi) is 6.67. The second-order valence-corrected chi connectivity index (χ2v) is 10.4. The first-order chi connectivity index (χ1) is 16.9. The highest BCUT2D eigenvalue weighted by Crippen LogP contribution is 2.27. The van der Waals surface area contributed by atoms with E-state index >= 15 is 0 Å². The molecule has 1 aliphatic heterocycles. The largest absolute Gasteiger partial charge is 0.339 e. The molecule has 1 aliphatic rings. The fourth-order valence-electron chi connectivity index (χ4n) is 4.53. The third-order valence-electron chi connectivity index (χ3n) is 6.22. The van der Waals surface area contributed by atoms with Gasteiger partial charge in [-0.05, 0) is 85.8 Å². The van der Waals surface area contributed by atoms with Gasteiger partial charge in [-0.3, -0.25) is 14.2 Å². The average molecular weight is 504 g/mol. The Morgan fingerprint density at radius 1 is 0.971 bits per heavy atom. The predicted molar refractivity (Wildman–Crippen MR) is 143 cm³/mol. The smallest absolute Gasteiger partial charge is 0.266 e. The van der Waals surface area contributed by atoms with Crippen LogP contribution in [0.3, 0.4) is 0 Å². The molecule has 0 radical (unpaired) electrons. The average Bonchev–Trinajstić information content (AvgIpc) is 3.37. The SMILES string of the molecule is Cc1cc(C)cc(-n2c(SCc3ccc(Cl)cc3)nc3cc(C(=O)N4CCCC4)ccc3c2=O)c1. The molecule has 4 aromatic rings. The molecule has 35 heavy (non-hydrogen) atoms. The number of fused-ring (bicyclic) bond motifs is 1. The Hall–Kier alpha value is -3.09. The summed E-state index contributed by atoms with van der Waals surface area (Å²) in [5, 5.41) is 1.77. The van der Waals surface area contributed by atoms with Crippen LogP contribution in [0.5, 0.6) is 0 Å². The first kappa shape index (κ1) is 23.6. The standard InChI is InChI=1S/C28H26ClN3O2S/c1-18-13-19(2)15-23(14-18)32-27(34)24-10-7-21(26(33)31-11-3-4-12-31)16-25(24)30-28(32)35-17-20-5-8-22(29)9-6-20/h5-10,13-16H,3-4,11-12,17H2,1-2H3. The Bertz CT molecular complexity index is 1450. The fourth-order valence-corrected chi connectivity index (χ4v) is 5.63. The van der Waals surface area contributed by atoms with Gasteiger partial charge in [0.25, 0.3) is 11.5 Å². The number of rotatable bonds is 5. The van der Waals surface area contributed by atoms with Crippen LogP contribution in [-0.4, -0.2) is 33.4 Å². The molecule has 1 aromatic heterocycles. The highest BCUT2D eigenvalue weighted by Gasteiger charge is 2.21. The quantitative estimate of drug-likeness (QED) is 0.241. The van der Waals surface area contributed by atoms with Crippen LogP contribution in [0.15, 0.2) is 70.6 Å². The second kappa shape index (κ2) is 9.88. The molecule has 0 spiro atoms. The van der Waals surface area contributed by atoms with E-state index in [1.807, 2.05) is 55.1 Å². The first-order valence-corrected chi connectivity index (χ1v) is 13.1. The number of halogens is 1. The first-order valence-electron chi connectivity index (χ1n) is 11.7. The number of benzene rings is 3. The van der Waals surface area contributed by atoms with Crippen molar-refractivity contribution in [3.05, 3.63) is 98.3 Å². The Morgan fingerprint density at radius 3 is 2.34 bits per heavy atom. The van der Waals surface area contributed by atoms with Gasteiger partial charge in [0.1, 0.15) is 0 Å². The number of thioether (sulfide) groups is 1. The Labute approximate surface area is 213 Å². The molecule has 0 bridgehead atoms. The molecule has 1 fully saturated rings. The number of hydrogen-bond donors (Lipinski definition) is 0. The van der Waals surface area contributed by atoms with Gasteiger partial charge < -0.3 is 4.90 Å². The Morgan fingerprint density at radius 2 is 1.66 bits per heavy atom. The number of hydrogen-bond acceptors (Lipinski definition) is 4. The van der Waals surface area contributed by atoms with Crippen LogP contribution in [0, 0.1) is 13.8 Å². The minimum Gasteiger partial charge on any atom is -0.339 e. The molecule has 0 saturated carbocycles. The van der Waals surface area contributed by atoms with Crippen molar-refractivity contribution in [2.45, 2.75) is 37.6 Å². The van der Waals surface area contributed by atoms with Crippen molar-refractivity contribution in [2.75, 3.05) is 13.1 Å². The molecule has 2 heterocycles. The van der Waals surface area contributed by atoms with Crippen LogP contribution in [-0.2, 0) is 5.75 Å². The number of aryl methyl sites for hydroxylation is 2. The van der Waals surface area contributed by atoms with Crippen LogP contribution in [0.1, 0.15) is 39.9 Å². The molecule has 1 amide bonds. The van der Waals surface area contributed by atoms with Gasteiger partial charge in [-0.2, -0.15) is 0 Å². The van der Waals surface area contributed by atoms with Crippen LogP contribution in [0.2, 0.25) is 5.02 Å². The van der Waals surface area contributed by atoms with Crippen LogP contribution < -0.4 is 5.56 Å². The van der Waals surface area contributed by atoms with E-state index in [0.29, 0.717) is 32.4 Å². The summed E-state index contributed by atoms with van der Waals surface area (Å²) >= 11 is 7.54. The normalized spacial score (nSPS) is 13.5. The van der Waals surface area contributed by atoms with Gasteiger partial charge >= 0.3 is 0 Å². The molecule has 1 saturated heterocycles. The number of likely N-dealkylation sites (tertiary alicyclic amines) is 1. The maximum Gasteiger partial charge on any atom is 0.266 e. The summed E-state index contributed by atoms with van der Waals surface area (Å²) in [6.07, 6.45) is 2.06. The highest BCUT2D eigenvalue weighted by molar-refractivity contribution is 7.98. The maximum atomic E-state index is 13.8. The van der Waals surface area contributed by atoms with Crippen molar-refractivity contribution in [3.63, 3.8) is 0 Å². The van der Waals surface area contributed by atoms with Crippen LogP contribution >= 0.6 is 23.4 Å². The van der Waals surface area contributed by atoms with E-state index in [9.17, 15) is 9.59 Å². The summed E-state index contributed by atoms with van der Waals surface area (Å²) in [5.41, 5.74) is 5.00. The van der Waals surface area contributed by atoms with E-state index in [0.717, 1.165) is 48.3 Å². The van der Waals surface area contributed by atoms with E-state index in [4.69, 9.17) is 16.6 Å². The lowest BCUT2D eigenvalue weighted by Gasteiger charge is -2.17. The Balaban J connectivity index is 1.62. The molecule has 3 aromatic carbocycles. The van der Waals surface area contributed by atoms with E-state index < -0.39 is 0 Å². The van der Waals surface area contributed by atoms with Gasteiger partial charge in [-0.1, -0.05) is 41.6 Å². The van der Waals surface area contributed by atoms with Crippen molar-refractivity contribution < 1.29 is 4.79 Å². The van der Waals surface area contributed by atoms with Gasteiger partial charge in [-0.25, -0.2) is 4.98 Å². The second-order valence-electron chi connectivity index (χ2n) is 9.03. The number of carbonyl (C=O) groups is 1. The van der Waals surface area contributed by atoms with Crippen molar-refractivity contribution in [2.24, 2.45) is 0 Å². The van der Waals surface area contributed by atoms with Crippen LogP contribution in [0.25, 0.3) is 16.6 Å². The maximum absolute atomic E-state index is 13.8. The van der Waals surface area contributed by atoms with Crippen molar-refractivity contribution >= 4 is 40.2 Å². The van der Waals surface area contributed by atoms with Crippen molar-refractivity contribution in [1.29, 1.82) is 0 Å². The van der Waals surface area contributed by atoms with Gasteiger partial charge in [0.15, 0.2) is 5.16 Å². The zero-order valence-electron chi connectivity index (χ0n) is 19.8. The molecule has 0 N–H and O–H groups in total. The third kappa shape index (κ3) is 5.00. The molecule has 0 atom stereocenters. The van der Waals surface area contributed by atoms with E-state index in [1.54, 1.807) is 22.8 Å². The lowest BCUT2D eigenvalue weighted by molar-refractivity contribution is 0.0793. The van der Waals surface area contributed by atoms with Crippen LogP contribution in [0.4, 0.5) is 0 Å². The molecule has 5 nitrogen and oxygen atoms in total. The number of carbonyl (C=O) groups excluding carboxylic acids is 1. The summed E-state index contributed by atoms with van der Waals surface area (Å²) < 4.78 is 1.69. The fraction of sp³-hybridized carbons (Fsp3) is 0.250. The monoisotopic (exact) mass is 503 g/mol. The van der Waals surface area contributed by atoms with E-state index in [1.165, 1.54) is 11.8 Å². The summed E-state index contributed by atoms with van der Waals surface area (Å²) in [7, 11) is 0. The van der Waals surface area contributed by atoms with Gasteiger partial charge in [-0.15, -0.1) is 0 Å². The van der Waals surface area contributed by atoms with E-state index in [2.05, 4.69) is 6.07 Å². The lowest BCUT2D eigenvalue weighted by Crippen LogP contribution is -2.28.